The fraction of sp³-hybridized carbons (Fsp3) is 0.571. The van der Waals surface area contributed by atoms with Gasteiger partial charge in [0.2, 0.25) is 0 Å². The predicted molar refractivity (Wildman–Crippen MR) is 71.0 cm³/mol. The van der Waals surface area contributed by atoms with Crippen molar-refractivity contribution in [2.75, 3.05) is 13.2 Å². The molecule has 2 atom stereocenters. The van der Waals surface area contributed by atoms with Crippen molar-refractivity contribution < 1.29 is 9.47 Å². The molecule has 3 rings (SSSR count). The highest BCUT2D eigenvalue weighted by Gasteiger charge is 2.32. The zero-order valence-electron chi connectivity index (χ0n) is 10.3. The first-order valence-corrected chi connectivity index (χ1v) is 6.91. The molecule has 1 aromatic rings. The number of hydrogen-bond donors (Lipinski definition) is 1. The topological polar surface area (TPSA) is 44.5 Å². The smallest absolute Gasteiger partial charge is 0.124 e. The van der Waals surface area contributed by atoms with Gasteiger partial charge in [-0.15, -0.1) is 0 Å². The third-order valence-electron chi connectivity index (χ3n) is 3.93. The first-order valence-electron chi connectivity index (χ1n) is 6.53. The maximum atomic E-state index is 6.24. The summed E-state index contributed by atoms with van der Waals surface area (Å²) < 4.78 is 11.5. The molecule has 0 bridgehead atoms. The largest absolute Gasteiger partial charge is 0.490 e. The molecule has 0 amide bonds. The van der Waals surface area contributed by atoms with Crippen LogP contribution in [-0.4, -0.2) is 19.3 Å². The number of fused-ring (bicyclic) bond motifs is 1. The zero-order chi connectivity index (χ0) is 12.5. The summed E-state index contributed by atoms with van der Waals surface area (Å²) in [5, 5.41) is 0.720. The third-order valence-corrected chi connectivity index (χ3v) is 4.16. The highest BCUT2D eigenvalue weighted by Crippen LogP contribution is 2.38. The van der Waals surface area contributed by atoms with E-state index in [1.54, 1.807) is 0 Å². The van der Waals surface area contributed by atoms with Crippen molar-refractivity contribution in [3.05, 3.63) is 28.8 Å². The Morgan fingerprint density at radius 2 is 2.00 bits per heavy atom. The van der Waals surface area contributed by atoms with Crippen LogP contribution in [0.5, 0.6) is 5.75 Å². The van der Waals surface area contributed by atoms with Crippen molar-refractivity contribution >= 4 is 11.6 Å². The van der Waals surface area contributed by atoms with Crippen LogP contribution in [0.15, 0.2) is 18.2 Å². The third kappa shape index (κ3) is 2.35. The fourth-order valence-corrected chi connectivity index (χ4v) is 3.06. The summed E-state index contributed by atoms with van der Waals surface area (Å²) in [7, 11) is 0. The average Bonchev–Trinajstić information content (AvgIpc) is 2.40. The fourth-order valence-electron chi connectivity index (χ4n) is 2.88. The van der Waals surface area contributed by atoms with Gasteiger partial charge in [0.05, 0.1) is 0 Å². The molecule has 98 valence electrons. The summed E-state index contributed by atoms with van der Waals surface area (Å²) in [4.78, 5) is 0. The normalized spacial score (nSPS) is 28.6. The predicted octanol–water partition coefficient (Wildman–Crippen LogP) is 2.92. The molecule has 2 N–H and O–H groups in total. The van der Waals surface area contributed by atoms with Crippen molar-refractivity contribution in [2.45, 2.75) is 31.4 Å². The molecular weight excluding hydrogens is 250 g/mol. The van der Waals surface area contributed by atoms with Gasteiger partial charge in [-0.3, -0.25) is 0 Å². The van der Waals surface area contributed by atoms with Crippen LogP contribution in [0.1, 0.15) is 30.9 Å². The van der Waals surface area contributed by atoms with Crippen molar-refractivity contribution in [1.82, 2.24) is 0 Å². The lowest BCUT2D eigenvalue weighted by Crippen LogP contribution is -2.37. The zero-order valence-corrected chi connectivity index (χ0v) is 11.0. The first kappa shape index (κ1) is 12.3. The van der Waals surface area contributed by atoms with Crippen LogP contribution < -0.4 is 10.5 Å². The highest BCUT2D eigenvalue weighted by atomic mass is 35.5. The Labute approximate surface area is 112 Å². The molecule has 0 saturated carbocycles. The molecule has 3 nitrogen and oxygen atoms in total. The van der Waals surface area contributed by atoms with Crippen LogP contribution in [-0.2, 0) is 4.74 Å². The molecule has 2 aliphatic rings. The molecule has 1 unspecified atom stereocenters. The molecule has 2 aliphatic heterocycles. The Hall–Kier alpha value is -0.770. The van der Waals surface area contributed by atoms with E-state index in [4.69, 9.17) is 26.8 Å². The van der Waals surface area contributed by atoms with Gasteiger partial charge in [-0.05, 0) is 31.0 Å². The van der Waals surface area contributed by atoms with Gasteiger partial charge >= 0.3 is 0 Å². The number of nitrogens with two attached hydrogens (primary N) is 1. The summed E-state index contributed by atoms with van der Waals surface area (Å²) in [5.41, 5.74) is 7.28. The van der Waals surface area contributed by atoms with E-state index in [0.717, 1.165) is 48.8 Å². The number of halogens is 1. The van der Waals surface area contributed by atoms with Gasteiger partial charge < -0.3 is 15.2 Å². The second-order valence-electron chi connectivity index (χ2n) is 5.13. The van der Waals surface area contributed by atoms with E-state index < -0.39 is 0 Å². The second kappa shape index (κ2) is 5.08. The summed E-state index contributed by atoms with van der Waals surface area (Å²) in [5.74, 6) is 1.46. The standard InChI is InChI=1S/C14H18ClNO2/c15-10-1-2-13-11(7-10)12(16)8-14(18-13)9-3-5-17-6-4-9/h1-2,7,9,12,14H,3-6,8,16H2/t12-,14?/m1/s1. The Bertz CT molecular complexity index is 432. The molecule has 0 spiro atoms. The van der Waals surface area contributed by atoms with Gasteiger partial charge in [-0.1, -0.05) is 11.6 Å². The summed E-state index contributed by atoms with van der Waals surface area (Å²) in [6.45, 7) is 1.68. The lowest BCUT2D eigenvalue weighted by Gasteiger charge is -2.36. The van der Waals surface area contributed by atoms with Gasteiger partial charge in [-0.2, -0.15) is 0 Å². The number of benzene rings is 1. The lowest BCUT2D eigenvalue weighted by atomic mass is 9.86. The minimum atomic E-state index is 0.0281. The monoisotopic (exact) mass is 267 g/mol. The minimum absolute atomic E-state index is 0.0281. The summed E-state index contributed by atoms with van der Waals surface area (Å²) in [6.07, 6.45) is 3.23. The Kier molecular flexibility index (Phi) is 3.46. The number of rotatable bonds is 1. The first-order chi connectivity index (χ1) is 8.74. The van der Waals surface area contributed by atoms with Crippen LogP contribution in [0.2, 0.25) is 5.02 Å². The maximum Gasteiger partial charge on any atom is 0.124 e. The quantitative estimate of drug-likeness (QED) is 0.851. The Morgan fingerprint density at radius 3 is 2.78 bits per heavy atom. The van der Waals surface area contributed by atoms with Crippen LogP contribution in [0.25, 0.3) is 0 Å². The second-order valence-corrected chi connectivity index (χ2v) is 5.57. The molecule has 2 heterocycles. The van der Waals surface area contributed by atoms with E-state index in [9.17, 15) is 0 Å². The molecule has 0 aliphatic carbocycles. The molecule has 18 heavy (non-hydrogen) atoms. The summed E-state index contributed by atoms with van der Waals surface area (Å²) >= 11 is 6.00. The van der Waals surface area contributed by atoms with E-state index >= 15 is 0 Å². The summed E-state index contributed by atoms with van der Waals surface area (Å²) in [6, 6.07) is 5.74. The molecule has 0 radical (unpaired) electrons. The molecular formula is C14H18ClNO2. The Morgan fingerprint density at radius 1 is 1.22 bits per heavy atom. The van der Waals surface area contributed by atoms with Gasteiger partial charge in [-0.25, -0.2) is 0 Å². The molecule has 1 fully saturated rings. The van der Waals surface area contributed by atoms with Crippen molar-refractivity contribution in [3.8, 4) is 5.75 Å². The van der Waals surface area contributed by atoms with E-state index in [2.05, 4.69) is 0 Å². The number of ether oxygens (including phenoxy) is 2. The van der Waals surface area contributed by atoms with Crippen molar-refractivity contribution in [3.63, 3.8) is 0 Å². The molecule has 1 saturated heterocycles. The van der Waals surface area contributed by atoms with E-state index in [1.807, 2.05) is 18.2 Å². The van der Waals surface area contributed by atoms with Crippen molar-refractivity contribution in [1.29, 1.82) is 0 Å². The maximum absolute atomic E-state index is 6.24. The average molecular weight is 268 g/mol. The van der Waals surface area contributed by atoms with E-state index in [1.165, 1.54) is 0 Å². The molecule has 0 aromatic heterocycles. The van der Waals surface area contributed by atoms with Gasteiger partial charge in [0.1, 0.15) is 11.9 Å². The molecule has 4 heteroatoms. The van der Waals surface area contributed by atoms with Gasteiger partial charge in [0, 0.05) is 42.2 Å². The van der Waals surface area contributed by atoms with Gasteiger partial charge in [0.25, 0.3) is 0 Å². The SMILES string of the molecule is N[C@@H]1CC(C2CCOCC2)Oc2ccc(Cl)cc21. The lowest BCUT2D eigenvalue weighted by molar-refractivity contribution is 0.00730. The van der Waals surface area contributed by atoms with E-state index in [-0.39, 0.29) is 12.1 Å². The number of hydrogen-bond acceptors (Lipinski definition) is 3. The van der Waals surface area contributed by atoms with Crippen LogP contribution in [0.3, 0.4) is 0 Å². The van der Waals surface area contributed by atoms with Crippen LogP contribution in [0, 0.1) is 5.92 Å². The van der Waals surface area contributed by atoms with Crippen molar-refractivity contribution in [2.24, 2.45) is 11.7 Å². The highest BCUT2D eigenvalue weighted by molar-refractivity contribution is 6.30. The van der Waals surface area contributed by atoms with Crippen LogP contribution >= 0.6 is 11.6 Å². The van der Waals surface area contributed by atoms with Crippen LogP contribution in [0.4, 0.5) is 0 Å². The van der Waals surface area contributed by atoms with E-state index in [0.29, 0.717) is 5.92 Å². The van der Waals surface area contributed by atoms with Gasteiger partial charge in [0.15, 0.2) is 0 Å². The molecule has 1 aromatic carbocycles. The Balaban J connectivity index is 1.80. The minimum Gasteiger partial charge on any atom is -0.490 e.